The van der Waals surface area contributed by atoms with Crippen molar-refractivity contribution < 1.29 is 19.0 Å². The van der Waals surface area contributed by atoms with Gasteiger partial charge in [0, 0.05) is 34.4 Å². The third kappa shape index (κ3) is 5.98. The number of benzene rings is 2. The number of carbonyl (C=O) groups excluding carboxylic acids is 1. The lowest BCUT2D eigenvalue weighted by Crippen LogP contribution is -2.13. The molecule has 2 aromatic carbocycles. The number of methoxy groups -OCH3 is 2. The second-order valence-electron chi connectivity index (χ2n) is 6.07. The van der Waals surface area contributed by atoms with E-state index in [0.717, 1.165) is 14.4 Å². The van der Waals surface area contributed by atoms with Crippen LogP contribution in [0.2, 0.25) is 0 Å². The first kappa shape index (κ1) is 22.1. The number of hydrogen-bond acceptors (Lipinski definition) is 6. The van der Waals surface area contributed by atoms with E-state index in [1.165, 1.54) is 11.8 Å². The molecule has 3 rings (SSSR count). The van der Waals surface area contributed by atoms with Crippen molar-refractivity contribution in [3.63, 3.8) is 0 Å². The lowest BCUT2D eigenvalue weighted by Gasteiger charge is -2.13. The number of amides is 1. The van der Waals surface area contributed by atoms with Gasteiger partial charge in [-0.3, -0.25) is 4.79 Å². The van der Waals surface area contributed by atoms with Crippen molar-refractivity contribution in [3.8, 4) is 11.5 Å². The minimum absolute atomic E-state index is 0.219. The standard InChI is InChI=1S/C22H21BrN2O4S/c1-27-11-12-29-19-13-16(8-9-18(19)28-2)25-22(26)17-5-3-4-6-20(17)30-21-10-7-15(23)14-24-21/h3-10,13-14H,11-12H2,1-2H3,(H,25,26). The topological polar surface area (TPSA) is 69.7 Å². The Morgan fingerprint density at radius 3 is 2.63 bits per heavy atom. The van der Waals surface area contributed by atoms with Gasteiger partial charge in [0.25, 0.3) is 5.91 Å². The second kappa shape index (κ2) is 11.0. The van der Waals surface area contributed by atoms with E-state index in [1.54, 1.807) is 44.7 Å². The number of ether oxygens (including phenoxy) is 3. The van der Waals surface area contributed by atoms with Crippen LogP contribution in [0.5, 0.6) is 11.5 Å². The van der Waals surface area contributed by atoms with Crippen molar-refractivity contribution in [2.24, 2.45) is 0 Å². The quantitative estimate of drug-likeness (QED) is 0.413. The Morgan fingerprint density at radius 1 is 1.07 bits per heavy atom. The van der Waals surface area contributed by atoms with Gasteiger partial charge in [0.15, 0.2) is 11.5 Å². The van der Waals surface area contributed by atoms with E-state index in [-0.39, 0.29) is 5.91 Å². The van der Waals surface area contributed by atoms with E-state index in [4.69, 9.17) is 14.2 Å². The molecule has 0 spiro atoms. The predicted octanol–water partition coefficient (Wildman–Crippen LogP) is 5.28. The molecule has 0 fully saturated rings. The molecule has 0 aliphatic rings. The number of carbonyl (C=O) groups is 1. The molecule has 3 aromatic rings. The Morgan fingerprint density at radius 2 is 1.90 bits per heavy atom. The highest BCUT2D eigenvalue weighted by molar-refractivity contribution is 9.10. The van der Waals surface area contributed by atoms with Gasteiger partial charge < -0.3 is 19.5 Å². The van der Waals surface area contributed by atoms with Crippen LogP contribution in [0.25, 0.3) is 0 Å². The van der Waals surface area contributed by atoms with Crippen LogP contribution in [-0.2, 0) is 4.74 Å². The number of nitrogens with one attached hydrogen (secondary N) is 1. The zero-order chi connectivity index (χ0) is 21.3. The lowest BCUT2D eigenvalue weighted by molar-refractivity contribution is 0.102. The minimum atomic E-state index is -0.219. The van der Waals surface area contributed by atoms with Crippen LogP contribution in [0.15, 0.2) is 75.2 Å². The molecule has 0 unspecified atom stereocenters. The Balaban J connectivity index is 1.77. The molecule has 1 aromatic heterocycles. The van der Waals surface area contributed by atoms with Crippen LogP contribution in [0.4, 0.5) is 5.69 Å². The fraction of sp³-hybridized carbons (Fsp3) is 0.182. The Bertz CT molecular complexity index is 999. The first-order valence-electron chi connectivity index (χ1n) is 9.10. The number of halogens is 1. The van der Waals surface area contributed by atoms with Crippen LogP contribution >= 0.6 is 27.7 Å². The fourth-order valence-electron chi connectivity index (χ4n) is 2.58. The van der Waals surface area contributed by atoms with Gasteiger partial charge in [0.2, 0.25) is 0 Å². The van der Waals surface area contributed by atoms with Crippen molar-refractivity contribution in [1.29, 1.82) is 0 Å². The molecular formula is C22H21BrN2O4S. The van der Waals surface area contributed by atoms with Gasteiger partial charge in [-0.25, -0.2) is 4.98 Å². The summed E-state index contributed by atoms with van der Waals surface area (Å²) in [6, 6.07) is 16.5. The molecule has 6 nitrogen and oxygen atoms in total. The number of pyridine rings is 1. The maximum Gasteiger partial charge on any atom is 0.256 e. The normalized spacial score (nSPS) is 10.5. The van der Waals surface area contributed by atoms with Crippen LogP contribution in [0.3, 0.4) is 0 Å². The van der Waals surface area contributed by atoms with Crippen molar-refractivity contribution in [1.82, 2.24) is 4.98 Å². The minimum Gasteiger partial charge on any atom is -0.493 e. The van der Waals surface area contributed by atoms with Gasteiger partial charge in [-0.05, 0) is 52.3 Å². The molecule has 1 amide bonds. The largest absolute Gasteiger partial charge is 0.493 e. The van der Waals surface area contributed by atoms with E-state index in [2.05, 4.69) is 26.2 Å². The highest BCUT2D eigenvalue weighted by atomic mass is 79.9. The van der Waals surface area contributed by atoms with Gasteiger partial charge >= 0.3 is 0 Å². The van der Waals surface area contributed by atoms with E-state index >= 15 is 0 Å². The average Bonchev–Trinajstić information content (AvgIpc) is 2.76. The molecular weight excluding hydrogens is 468 g/mol. The summed E-state index contributed by atoms with van der Waals surface area (Å²) < 4.78 is 16.9. The number of rotatable bonds is 9. The van der Waals surface area contributed by atoms with E-state index in [0.29, 0.717) is 36.0 Å². The average molecular weight is 489 g/mol. The van der Waals surface area contributed by atoms with Gasteiger partial charge in [-0.2, -0.15) is 0 Å². The second-order valence-corrected chi connectivity index (χ2v) is 8.05. The molecule has 0 saturated carbocycles. The summed E-state index contributed by atoms with van der Waals surface area (Å²) in [7, 11) is 3.18. The summed E-state index contributed by atoms with van der Waals surface area (Å²) in [5, 5.41) is 3.73. The van der Waals surface area contributed by atoms with Crippen molar-refractivity contribution in [3.05, 3.63) is 70.8 Å². The van der Waals surface area contributed by atoms with Crippen LogP contribution in [0, 0.1) is 0 Å². The molecule has 0 saturated heterocycles. The fourth-order valence-corrected chi connectivity index (χ4v) is 3.70. The Kier molecular flexibility index (Phi) is 8.12. The molecule has 0 atom stereocenters. The van der Waals surface area contributed by atoms with Crippen molar-refractivity contribution in [2.45, 2.75) is 9.92 Å². The first-order valence-corrected chi connectivity index (χ1v) is 10.7. The number of nitrogens with zero attached hydrogens (tertiary/aromatic N) is 1. The maximum absolute atomic E-state index is 13.0. The maximum atomic E-state index is 13.0. The number of anilines is 1. The summed E-state index contributed by atoms with van der Waals surface area (Å²) in [5.74, 6) is 0.902. The molecule has 1 N–H and O–H groups in total. The highest BCUT2D eigenvalue weighted by Gasteiger charge is 2.14. The van der Waals surface area contributed by atoms with Crippen molar-refractivity contribution in [2.75, 3.05) is 32.8 Å². The molecule has 0 aliphatic heterocycles. The van der Waals surface area contributed by atoms with Gasteiger partial charge in [-0.1, -0.05) is 23.9 Å². The molecule has 0 aliphatic carbocycles. The monoisotopic (exact) mass is 488 g/mol. The van der Waals surface area contributed by atoms with Gasteiger partial charge in [0.05, 0.1) is 19.3 Å². The van der Waals surface area contributed by atoms with Crippen molar-refractivity contribution >= 4 is 39.3 Å². The zero-order valence-corrected chi connectivity index (χ0v) is 19.0. The SMILES string of the molecule is COCCOc1cc(NC(=O)c2ccccc2Sc2ccc(Br)cn2)ccc1OC. The van der Waals surface area contributed by atoms with E-state index < -0.39 is 0 Å². The van der Waals surface area contributed by atoms with Crippen LogP contribution in [0.1, 0.15) is 10.4 Å². The van der Waals surface area contributed by atoms with Gasteiger partial charge in [0.1, 0.15) is 11.6 Å². The molecule has 0 bridgehead atoms. The molecule has 8 heteroatoms. The molecule has 1 heterocycles. The van der Waals surface area contributed by atoms with Crippen LogP contribution < -0.4 is 14.8 Å². The zero-order valence-electron chi connectivity index (χ0n) is 16.6. The summed E-state index contributed by atoms with van der Waals surface area (Å²) in [5.41, 5.74) is 1.17. The summed E-state index contributed by atoms with van der Waals surface area (Å²) in [6.45, 7) is 0.832. The molecule has 156 valence electrons. The Labute approximate surface area is 188 Å². The smallest absolute Gasteiger partial charge is 0.256 e. The van der Waals surface area contributed by atoms with Crippen LogP contribution in [-0.4, -0.2) is 38.3 Å². The lowest BCUT2D eigenvalue weighted by atomic mass is 10.2. The summed E-state index contributed by atoms with van der Waals surface area (Å²) in [4.78, 5) is 18.1. The summed E-state index contributed by atoms with van der Waals surface area (Å²) >= 11 is 4.81. The predicted molar refractivity (Wildman–Crippen MR) is 121 cm³/mol. The van der Waals surface area contributed by atoms with Gasteiger partial charge in [-0.15, -0.1) is 0 Å². The number of hydrogen-bond donors (Lipinski definition) is 1. The third-order valence-electron chi connectivity index (χ3n) is 4.01. The first-order chi connectivity index (χ1) is 14.6. The number of aromatic nitrogens is 1. The molecule has 30 heavy (non-hydrogen) atoms. The Hall–Kier alpha value is -2.55. The van der Waals surface area contributed by atoms with E-state index in [1.807, 2.05) is 30.3 Å². The summed E-state index contributed by atoms with van der Waals surface area (Å²) in [6.07, 6.45) is 1.73. The van der Waals surface area contributed by atoms with E-state index in [9.17, 15) is 4.79 Å². The molecule has 0 radical (unpaired) electrons. The highest BCUT2D eigenvalue weighted by Crippen LogP contribution is 2.32. The third-order valence-corrected chi connectivity index (χ3v) is 5.51.